The van der Waals surface area contributed by atoms with Crippen LogP contribution in [0.5, 0.6) is 5.75 Å². The van der Waals surface area contributed by atoms with Gasteiger partial charge < -0.3 is 19.3 Å². The number of amides is 1. The molecule has 1 aliphatic rings. The molecule has 41 heavy (non-hydrogen) atoms. The number of carbonyl (C=O) groups excluding carboxylic acids is 1. The predicted molar refractivity (Wildman–Crippen MR) is 159 cm³/mol. The lowest BCUT2D eigenvalue weighted by atomic mass is 10.0. The van der Waals surface area contributed by atoms with Crippen LogP contribution in [-0.2, 0) is 34.8 Å². The number of fused-ring (bicyclic) bond motifs is 1. The molecule has 13 heteroatoms. The first-order valence-electron chi connectivity index (χ1n) is 13.2. The van der Waals surface area contributed by atoms with E-state index < -0.39 is 16.1 Å². The Morgan fingerprint density at radius 1 is 1.22 bits per heavy atom. The Hall–Kier alpha value is -2.83. The number of aliphatic hydroxyl groups is 1. The lowest BCUT2D eigenvalue weighted by Gasteiger charge is -2.34. The summed E-state index contributed by atoms with van der Waals surface area (Å²) >= 11 is 12.3. The number of rotatable bonds is 9. The first-order chi connectivity index (χ1) is 19.4. The number of aromatic nitrogens is 2. The number of ether oxygens (including phenoxy) is 1. The summed E-state index contributed by atoms with van der Waals surface area (Å²) in [6.45, 7) is 5.15. The molecule has 1 aliphatic heterocycles. The van der Waals surface area contributed by atoms with Crippen molar-refractivity contribution in [3.8, 4) is 5.75 Å². The number of halogens is 2. The fraction of sp³-hybridized carbons (Fsp3) is 0.429. The molecule has 4 rings (SSSR count). The maximum atomic E-state index is 13.5. The molecule has 222 valence electrons. The predicted octanol–water partition coefficient (Wildman–Crippen LogP) is 3.81. The summed E-state index contributed by atoms with van der Waals surface area (Å²) in [6.07, 6.45) is 2.47. The van der Waals surface area contributed by atoms with Crippen LogP contribution in [0.3, 0.4) is 0 Å². The summed E-state index contributed by atoms with van der Waals surface area (Å²) in [6, 6.07) is 10.0. The lowest BCUT2D eigenvalue weighted by molar-refractivity contribution is -0.134. The van der Waals surface area contributed by atoms with E-state index in [1.807, 2.05) is 26.1 Å². The molecular formula is C28H35Cl2N5O5S. The highest BCUT2D eigenvalue weighted by Gasteiger charge is 2.31. The van der Waals surface area contributed by atoms with Gasteiger partial charge in [-0.2, -0.15) is 8.42 Å². The Morgan fingerprint density at radius 2 is 1.98 bits per heavy atom. The molecule has 10 nitrogen and oxygen atoms in total. The maximum Gasteiger partial charge on any atom is 0.280 e. The quantitative estimate of drug-likeness (QED) is 0.372. The van der Waals surface area contributed by atoms with Gasteiger partial charge in [0.25, 0.3) is 10.0 Å². The summed E-state index contributed by atoms with van der Waals surface area (Å²) in [5.74, 6) is 0.229. The van der Waals surface area contributed by atoms with Crippen molar-refractivity contribution in [2.45, 2.75) is 44.0 Å². The van der Waals surface area contributed by atoms with Crippen molar-refractivity contribution in [2.24, 2.45) is 13.0 Å². The van der Waals surface area contributed by atoms with Crippen LogP contribution in [0.2, 0.25) is 10.0 Å². The van der Waals surface area contributed by atoms with E-state index >= 15 is 0 Å². The van der Waals surface area contributed by atoms with Crippen LogP contribution in [0.4, 0.5) is 5.69 Å². The second-order valence-corrected chi connectivity index (χ2v) is 13.1. The fourth-order valence-electron chi connectivity index (χ4n) is 4.77. The van der Waals surface area contributed by atoms with Gasteiger partial charge >= 0.3 is 0 Å². The van der Waals surface area contributed by atoms with Gasteiger partial charge in [-0.15, -0.1) is 0 Å². The van der Waals surface area contributed by atoms with Crippen LogP contribution in [0.15, 0.2) is 53.9 Å². The van der Waals surface area contributed by atoms with E-state index in [0.717, 1.165) is 5.56 Å². The second kappa shape index (κ2) is 13.0. The smallest absolute Gasteiger partial charge is 0.280 e. The van der Waals surface area contributed by atoms with E-state index in [1.165, 1.54) is 12.5 Å². The lowest BCUT2D eigenvalue weighted by Crippen LogP contribution is -2.47. The van der Waals surface area contributed by atoms with E-state index in [1.54, 1.807) is 47.7 Å². The minimum absolute atomic E-state index is 0.0165. The Balaban J connectivity index is 1.62. The molecular weight excluding hydrogens is 589 g/mol. The van der Waals surface area contributed by atoms with Crippen molar-refractivity contribution < 1.29 is 23.1 Å². The number of anilines is 1. The van der Waals surface area contributed by atoms with Gasteiger partial charge in [0, 0.05) is 50.0 Å². The third-order valence-corrected chi connectivity index (χ3v) is 9.06. The van der Waals surface area contributed by atoms with E-state index in [-0.39, 0.29) is 41.7 Å². The molecule has 3 atom stereocenters. The zero-order valence-corrected chi connectivity index (χ0v) is 25.7. The first kappa shape index (κ1) is 31.1. The molecule has 0 radical (unpaired) electrons. The monoisotopic (exact) mass is 623 g/mol. The van der Waals surface area contributed by atoms with Crippen LogP contribution in [0.25, 0.3) is 0 Å². The summed E-state index contributed by atoms with van der Waals surface area (Å²) in [5, 5.41) is 10.7. The fourth-order valence-corrected chi connectivity index (χ4v) is 6.12. The Bertz CT molecular complexity index is 1500. The van der Waals surface area contributed by atoms with Gasteiger partial charge in [0.1, 0.15) is 11.9 Å². The van der Waals surface area contributed by atoms with E-state index in [9.17, 15) is 18.3 Å². The van der Waals surface area contributed by atoms with Gasteiger partial charge in [0.05, 0.1) is 35.4 Å². The summed E-state index contributed by atoms with van der Waals surface area (Å²) in [5.41, 5.74) is 1.82. The zero-order valence-electron chi connectivity index (χ0n) is 23.4. The molecule has 0 fully saturated rings. The van der Waals surface area contributed by atoms with Crippen LogP contribution in [0, 0.1) is 5.92 Å². The second-order valence-electron chi connectivity index (χ2n) is 10.6. The van der Waals surface area contributed by atoms with Crippen molar-refractivity contribution in [1.82, 2.24) is 19.4 Å². The van der Waals surface area contributed by atoms with Crippen LogP contribution in [-0.4, -0.2) is 77.7 Å². The van der Waals surface area contributed by atoms with E-state index in [0.29, 0.717) is 41.0 Å². The van der Waals surface area contributed by atoms with Gasteiger partial charge in [-0.25, -0.2) is 4.98 Å². The Labute approximate surface area is 250 Å². The molecule has 1 aromatic heterocycles. The molecule has 0 saturated heterocycles. The van der Waals surface area contributed by atoms with Crippen molar-refractivity contribution in [3.05, 3.63) is 70.1 Å². The number of nitrogens with zero attached hydrogens (tertiary/aromatic N) is 4. The van der Waals surface area contributed by atoms with Crippen molar-refractivity contribution in [1.29, 1.82) is 0 Å². The SMILES string of the molecule is C[C@@H]1CN([C@@H](C)CO)C(=O)Cc2cc(NS(=O)(=O)c3cn(C)cn3)ccc2O[C@@H]1CN(C)Cc1ccc(Cl)c(Cl)c1. The normalized spacial score (nSPS) is 18.7. The number of hydrogen-bond acceptors (Lipinski definition) is 7. The minimum Gasteiger partial charge on any atom is -0.488 e. The molecule has 2 N–H and O–H groups in total. The minimum atomic E-state index is -3.93. The molecule has 3 aromatic rings. The number of imidazole rings is 1. The zero-order chi connectivity index (χ0) is 29.9. The number of benzene rings is 2. The van der Waals surface area contributed by atoms with Gasteiger partial charge in [0.15, 0.2) is 5.03 Å². The van der Waals surface area contributed by atoms with Crippen LogP contribution >= 0.6 is 23.2 Å². The number of sulfonamides is 1. The summed E-state index contributed by atoms with van der Waals surface area (Å²) in [4.78, 5) is 21.2. The largest absolute Gasteiger partial charge is 0.488 e. The standard InChI is InChI=1S/C28H35Cl2N5O5S/c1-18-12-35(19(2)16-36)28(37)11-21-10-22(32-41(38,39)27-15-34(4)17-31-27)6-8-25(21)40-26(18)14-33(3)13-20-5-7-23(29)24(30)9-20/h5-10,15,17-19,26,32,36H,11-14,16H2,1-4H3/t18-,19+,26-/m1/s1. The van der Waals surface area contributed by atoms with Crippen molar-refractivity contribution in [2.75, 3.05) is 31.5 Å². The third-order valence-electron chi connectivity index (χ3n) is 7.05. The molecule has 2 aromatic carbocycles. The molecule has 0 saturated carbocycles. The first-order valence-corrected chi connectivity index (χ1v) is 15.4. The molecule has 1 amide bonds. The highest BCUT2D eigenvalue weighted by atomic mass is 35.5. The highest BCUT2D eigenvalue weighted by Crippen LogP contribution is 2.30. The average Bonchev–Trinajstić information content (AvgIpc) is 3.37. The van der Waals surface area contributed by atoms with E-state index in [4.69, 9.17) is 27.9 Å². The highest BCUT2D eigenvalue weighted by molar-refractivity contribution is 7.92. The molecule has 0 spiro atoms. The number of carbonyl (C=O) groups is 1. The Kier molecular flexibility index (Phi) is 9.86. The topological polar surface area (TPSA) is 117 Å². The Morgan fingerprint density at radius 3 is 2.63 bits per heavy atom. The maximum absolute atomic E-state index is 13.5. The molecule has 0 unspecified atom stereocenters. The number of aliphatic hydroxyl groups excluding tert-OH is 1. The van der Waals surface area contributed by atoms with Crippen molar-refractivity contribution >= 4 is 44.8 Å². The average molecular weight is 625 g/mol. The van der Waals surface area contributed by atoms with Gasteiger partial charge in [-0.1, -0.05) is 36.2 Å². The number of likely N-dealkylation sites (N-methyl/N-ethyl adjacent to an activating group) is 1. The number of nitrogens with one attached hydrogen (secondary N) is 1. The van der Waals surface area contributed by atoms with Gasteiger partial charge in [0.2, 0.25) is 5.91 Å². The number of aryl methyl sites for hydroxylation is 1. The molecule has 0 bridgehead atoms. The molecule has 2 heterocycles. The summed E-state index contributed by atoms with van der Waals surface area (Å²) < 4.78 is 36.4. The van der Waals surface area contributed by atoms with Crippen LogP contribution < -0.4 is 9.46 Å². The van der Waals surface area contributed by atoms with Gasteiger partial charge in [-0.05, 0) is 49.9 Å². The van der Waals surface area contributed by atoms with E-state index in [2.05, 4.69) is 14.6 Å². The van der Waals surface area contributed by atoms with Gasteiger partial charge in [-0.3, -0.25) is 14.4 Å². The van der Waals surface area contributed by atoms with Crippen LogP contribution in [0.1, 0.15) is 25.0 Å². The third kappa shape index (κ3) is 7.72. The summed E-state index contributed by atoms with van der Waals surface area (Å²) in [7, 11) is -0.275. The number of hydrogen-bond donors (Lipinski definition) is 2. The van der Waals surface area contributed by atoms with Crippen molar-refractivity contribution in [3.63, 3.8) is 0 Å². The molecule has 0 aliphatic carbocycles.